The summed E-state index contributed by atoms with van der Waals surface area (Å²) in [5.41, 5.74) is -0.843. The lowest BCUT2D eigenvalue weighted by atomic mass is 10.3. The van der Waals surface area contributed by atoms with Crippen LogP contribution in [0.25, 0.3) is 0 Å². The molecule has 2 N–H and O–H groups in total. The van der Waals surface area contributed by atoms with Crippen molar-refractivity contribution in [3.8, 4) is 0 Å². The van der Waals surface area contributed by atoms with Crippen molar-refractivity contribution >= 4 is 23.6 Å². The minimum Gasteiger partial charge on any atom is -0.481 e. The van der Waals surface area contributed by atoms with Crippen molar-refractivity contribution in [1.29, 1.82) is 0 Å². The molecule has 0 aliphatic carbocycles. The van der Waals surface area contributed by atoms with Gasteiger partial charge in [0, 0.05) is 19.2 Å². The Morgan fingerprint density at radius 2 is 2.05 bits per heavy atom. The van der Waals surface area contributed by atoms with E-state index in [1.807, 2.05) is 0 Å². The van der Waals surface area contributed by atoms with E-state index in [4.69, 9.17) is 5.11 Å². The lowest BCUT2D eigenvalue weighted by Gasteiger charge is -2.07. The summed E-state index contributed by atoms with van der Waals surface area (Å²) in [6, 6.07) is 2.10. The molecule has 1 aromatic heterocycles. The number of rotatable bonds is 7. The van der Waals surface area contributed by atoms with Gasteiger partial charge in [0.25, 0.3) is 0 Å². The van der Waals surface area contributed by atoms with Crippen molar-refractivity contribution < 1.29 is 27.9 Å². The van der Waals surface area contributed by atoms with E-state index < -0.39 is 17.7 Å². The zero-order valence-electron chi connectivity index (χ0n) is 10.8. The Bertz CT molecular complexity index is 492. The van der Waals surface area contributed by atoms with Crippen LogP contribution in [0.2, 0.25) is 0 Å². The van der Waals surface area contributed by atoms with Gasteiger partial charge in [-0.2, -0.15) is 13.2 Å². The third-order valence-corrected chi connectivity index (χ3v) is 3.25. The van der Waals surface area contributed by atoms with Gasteiger partial charge in [-0.1, -0.05) is 11.8 Å². The van der Waals surface area contributed by atoms with Gasteiger partial charge in [0.15, 0.2) is 0 Å². The Labute approximate surface area is 122 Å². The first kappa shape index (κ1) is 17.3. The minimum absolute atomic E-state index is 0.00539. The van der Waals surface area contributed by atoms with Crippen molar-refractivity contribution in [2.24, 2.45) is 0 Å². The van der Waals surface area contributed by atoms with Gasteiger partial charge in [0.2, 0.25) is 5.91 Å². The second-order valence-corrected chi connectivity index (χ2v) is 5.01. The van der Waals surface area contributed by atoms with E-state index in [0.717, 1.165) is 17.8 Å². The number of carboxylic acid groups (broad SMARTS) is 1. The van der Waals surface area contributed by atoms with Gasteiger partial charge in [-0.15, -0.1) is 0 Å². The molecule has 9 heteroatoms. The molecule has 0 fully saturated rings. The summed E-state index contributed by atoms with van der Waals surface area (Å²) in [4.78, 5) is 25.3. The Balaban J connectivity index is 2.31. The quantitative estimate of drug-likeness (QED) is 0.594. The number of carbonyl (C=O) groups is 2. The van der Waals surface area contributed by atoms with Crippen LogP contribution in [0.15, 0.2) is 23.4 Å². The maximum Gasteiger partial charge on any atom is 0.417 e. The summed E-state index contributed by atoms with van der Waals surface area (Å²) < 4.78 is 36.9. The maximum atomic E-state index is 12.3. The molecular formula is C12H13F3N2O3S. The van der Waals surface area contributed by atoms with Gasteiger partial charge in [0.05, 0.1) is 16.3 Å². The van der Waals surface area contributed by atoms with Gasteiger partial charge in [-0.3, -0.25) is 9.59 Å². The largest absolute Gasteiger partial charge is 0.481 e. The predicted molar refractivity (Wildman–Crippen MR) is 69.8 cm³/mol. The van der Waals surface area contributed by atoms with Gasteiger partial charge < -0.3 is 10.4 Å². The highest BCUT2D eigenvalue weighted by Crippen LogP contribution is 2.29. The van der Waals surface area contributed by atoms with Crippen molar-refractivity contribution in [1.82, 2.24) is 10.3 Å². The SMILES string of the molecule is O=C(O)CCCNC(=O)CSc1ccc(C(F)(F)F)cn1. The van der Waals surface area contributed by atoms with Crippen LogP contribution in [0.5, 0.6) is 0 Å². The van der Waals surface area contributed by atoms with Crippen molar-refractivity contribution in [3.05, 3.63) is 23.9 Å². The van der Waals surface area contributed by atoms with E-state index in [1.165, 1.54) is 6.07 Å². The highest BCUT2D eigenvalue weighted by molar-refractivity contribution is 7.99. The Kier molecular flexibility index (Phi) is 6.47. The molecule has 1 heterocycles. The fraction of sp³-hybridized carbons (Fsp3) is 0.417. The molecule has 0 bridgehead atoms. The van der Waals surface area contributed by atoms with Gasteiger partial charge in [-0.05, 0) is 18.6 Å². The number of amides is 1. The number of halogens is 3. The fourth-order valence-corrected chi connectivity index (χ4v) is 1.96. The summed E-state index contributed by atoms with van der Waals surface area (Å²) in [6.45, 7) is 0.242. The third kappa shape index (κ3) is 6.98. The second-order valence-electron chi connectivity index (χ2n) is 4.02. The molecule has 1 rings (SSSR count). The van der Waals surface area contributed by atoms with Crippen LogP contribution in [-0.4, -0.2) is 34.3 Å². The zero-order chi connectivity index (χ0) is 15.9. The monoisotopic (exact) mass is 322 g/mol. The number of nitrogens with one attached hydrogen (secondary N) is 1. The lowest BCUT2D eigenvalue weighted by molar-refractivity contribution is -0.138. The smallest absolute Gasteiger partial charge is 0.417 e. The molecule has 0 saturated carbocycles. The number of aromatic nitrogens is 1. The van der Waals surface area contributed by atoms with E-state index in [-0.39, 0.29) is 24.6 Å². The number of carboxylic acids is 1. The first-order valence-corrected chi connectivity index (χ1v) is 6.92. The molecular weight excluding hydrogens is 309 g/mol. The van der Waals surface area contributed by atoms with Gasteiger partial charge in [-0.25, -0.2) is 4.98 Å². The highest BCUT2D eigenvalue weighted by atomic mass is 32.2. The molecule has 1 amide bonds. The molecule has 0 unspecified atom stereocenters. The van der Waals surface area contributed by atoms with Crippen LogP contribution >= 0.6 is 11.8 Å². The Morgan fingerprint density at radius 3 is 2.57 bits per heavy atom. The number of hydrogen-bond acceptors (Lipinski definition) is 4. The van der Waals surface area contributed by atoms with E-state index in [9.17, 15) is 22.8 Å². The number of alkyl halides is 3. The molecule has 0 radical (unpaired) electrons. The van der Waals surface area contributed by atoms with E-state index in [2.05, 4.69) is 10.3 Å². The Morgan fingerprint density at radius 1 is 1.33 bits per heavy atom. The normalized spacial score (nSPS) is 11.2. The number of carbonyl (C=O) groups excluding carboxylic acids is 1. The molecule has 0 atom stereocenters. The summed E-state index contributed by atoms with van der Waals surface area (Å²) >= 11 is 1.01. The van der Waals surface area contributed by atoms with E-state index >= 15 is 0 Å². The molecule has 5 nitrogen and oxygen atoms in total. The average Bonchev–Trinajstić information content (AvgIpc) is 2.40. The summed E-state index contributed by atoms with van der Waals surface area (Å²) in [6.07, 6.45) is -3.43. The second kappa shape index (κ2) is 7.87. The number of nitrogens with zero attached hydrogens (tertiary/aromatic N) is 1. The van der Waals surface area contributed by atoms with Crippen molar-refractivity contribution in [2.45, 2.75) is 24.0 Å². The third-order valence-electron chi connectivity index (χ3n) is 2.30. The van der Waals surface area contributed by atoms with Crippen molar-refractivity contribution in [3.63, 3.8) is 0 Å². The van der Waals surface area contributed by atoms with Gasteiger partial charge >= 0.3 is 12.1 Å². The number of pyridine rings is 1. The molecule has 0 aliphatic rings. The summed E-state index contributed by atoms with van der Waals surface area (Å²) in [5, 5.41) is 11.2. The topological polar surface area (TPSA) is 79.3 Å². The Hall–Kier alpha value is -1.77. The standard InChI is InChI=1S/C12H13F3N2O3S/c13-12(14,15)8-3-4-10(17-6-8)21-7-9(18)16-5-1-2-11(19)20/h3-4,6H,1-2,5,7H2,(H,16,18)(H,19,20). The van der Waals surface area contributed by atoms with Crippen LogP contribution in [-0.2, 0) is 15.8 Å². The molecule has 0 aromatic carbocycles. The molecule has 116 valence electrons. The van der Waals surface area contributed by atoms with E-state index in [0.29, 0.717) is 17.6 Å². The number of aliphatic carboxylic acids is 1. The fourth-order valence-electron chi connectivity index (χ4n) is 1.29. The van der Waals surface area contributed by atoms with Crippen LogP contribution in [0, 0.1) is 0 Å². The van der Waals surface area contributed by atoms with Crippen LogP contribution in [0.4, 0.5) is 13.2 Å². The van der Waals surface area contributed by atoms with Gasteiger partial charge in [0.1, 0.15) is 0 Å². The molecule has 0 saturated heterocycles. The minimum atomic E-state index is -4.43. The molecule has 1 aromatic rings. The zero-order valence-corrected chi connectivity index (χ0v) is 11.6. The predicted octanol–water partition coefficient (Wildman–Crippen LogP) is 2.17. The van der Waals surface area contributed by atoms with Crippen LogP contribution in [0.1, 0.15) is 18.4 Å². The van der Waals surface area contributed by atoms with Crippen LogP contribution in [0.3, 0.4) is 0 Å². The first-order valence-electron chi connectivity index (χ1n) is 5.93. The number of thioether (sulfide) groups is 1. The molecule has 0 spiro atoms. The summed E-state index contributed by atoms with van der Waals surface area (Å²) in [7, 11) is 0. The van der Waals surface area contributed by atoms with E-state index in [1.54, 1.807) is 0 Å². The maximum absolute atomic E-state index is 12.3. The summed E-state index contributed by atoms with van der Waals surface area (Å²) in [5.74, 6) is -1.26. The molecule has 21 heavy (non-hydrogen) atoms. The first-order chi connectivity index (χ1) is 9.79. The van der Waals surface area contributed by atoms with Crippen molar-refractivity contribution in [2.75, 3.05) is 12.3 Å². The van der Waals surface area contributed by atoms with Crippen LogP contribution < -0.4 is 5.32 Å². The molecule has 0 aliphatic heterocycles. The lowest BCUT2D eigenvalue weighted by Crippen LogP contribution is -2.26. The average molecular weight is 322 g/mol. The number of hydrogen-bond donors (Lipinski definition) is 2. The highest BCUT2D eigenvalue weighted by Gasteiger charge is 2.30.